The SMILES string of the molecule is O=C1OC2C(N3CCC(Cc4c[nH]c5ccccc45)(C(=O)O)CC3)CCCC2N1C1CCN(c2ccncc2)CC1. The highest BCUT2D eigenvalue weighted by molar-refractivity contribution is 5.84. The third-order valence-electron chi connectivity index (χ3n) is 10.3. The Kier molecular flexibility index (Phi) is 6.85. The molecule has 9 heteroatoms. The van der Waals surface area contributed by atoms with Crippen molar-refractivity contribution in [2.45, 2.75) is 75.6 Å². The number of nitrogens with zero attached hydrogens (tertiary/aromatic N) is 4. The lowest BCUT2D eigenvalue weighted by molar-refractivity contribution is -0.153. The van der Waals surface area contributed by atoms with E-state index in [9.17, 15) is 14.7 Å². The highest BCUT2D eigenvalue weighted by atomic mass is 16.6. The molecular weight excluding hydrogens is 518 g/mol. The maximum Gasteiger partial charge on any atom is 0.410 e. The number of likely N-dealkylation sites (tertiary alicyclic amines) is 1. The number of benzene rings is 1. The molecule has 2 aromatic heterocycles. The summed E-state index contributed by atoms with van der Waals surface area (Å²) >= 11 is 0. The number of aliphatic carboxylic acids is 1. The van der Waals surface area contributed by atoms with Crippen LogP contribution in [0.25, 0.3) is 10.9 Å². The molecule has 216 valence electrons. The van der Waals surface area contributed by atoms with Gasteiger partial charge in [0.25, 0.3) is 0 Å². The molecule has 2 N–H and O–H groups in total. The van der Waals surface area contributed by atoms with Gasteiger partial charge in [-0.1, -0.05) is 18.2 Å². The molecule has 3 unspecified atom stereocenters. The number of carboxylic acid groups (broad SMARTS) is 1. The number of amides is 1. The highest BCUT2D eigenvalue weighted by Gasteiger charge is 2.53. The zero-order chi connectivity index (χ0) is 28.0. The van der Waals surface area contributed by atoms with Gasteiger partial charge in [0, 0.05) is 60.4 Å². The molecule has 1 saturated carbocycles. The van der Waals surface area contributed by atoms with Crippen LogP contribution in [0.2, 0.25) is 0 Å². The van der Waals surface area contributed by atoms with E-state index in [1.54, 1.807) is 0 Å². The van der Waals surface area contributed by atoms with Crippen molar-refractivity contribution in [1.82, 2.24) is 19.8 Å². The Morgan fingerprint density at radius 3 is 2.49 bits per heavy atom. The minimum atomic E-state index is -0.781. The lowest BCUT2D eigenvalue weighted by atomic mass is 9.73. The van der Waals surface area contributed by atoms with Crippen LogP contribution in [0.5, 0.6) is 0 Å². The molecular formula is C32H39N5O4. The van der Waals surface area contributed by atoms with Crippen molar-refractivity contribution in [3.63, 3.8) is 0 Å². The van der Waals surface area contributed by atoms with Crippen LogP contribution in [0.1, 0.15) is 50.5 Å². The summed E-state index contributed by atoms with van der Waals surface area (Å²) in [6.07, 6.45) is 12.0. The quantitative estimate of drug-likeness (QED) is 0.454. The molecule has 1 amide bonds. The van der Waals surface area contributed by atoms with Crippen molar-refractivity contribution in [1.29, 1.82) is 0 Å². The second kappa shape index (κ2) is 10.7. The minimum absolute atomic E-state index is 0.108. The van der Waals surface area contributed by atoms with Gasteiger partial charge in [-0.25, -0.2) is 4.79 Å². The second-order valence-electron chi connectivity index (χ2n) is 12.4. The Hall–Kier alpha value is -3.59. The van der Waals surface area contributed by atoms with Gasteiger partial charge in [-0.3, -0.25) is 19.6 Å². The molecule has 1 aromatic carbocycles. The molecule has 3 atom stereocenters. The number of H-pyrrole nitrogens is 1. The molecule has 4 fully saturated rings. The van der Waals surface area contributed by atoms with Crippen LogP contribution >= 0.6 is 0 Å². The molecule has 5 heterocycles. The number of carbonyl (C=O) groups is 2. The first-order valence-electron chi connectivity index (χ1n) is 15.2. The summed E-state index contributed by atoms with van der Waals surface area (Å²) in [5, 5.41) is 11.5. The predicted molar refractivity (Wildman–Crippen MR) is 156 cm³/mol. The Morgan fingerprint density at radius 2 is 1.73 bits per heavy atom. The van der Waals surface area contributed by atoms with Gasteiger partial charge in [0.15, 0.2) is 0 Å². The number of rotatable bonds is 6. The molecule has 0 spiro atoms. The van der Waals surface area contributed by atoms with Gasteiger partial charge in [-0.15, -0.1) is 0 Å². The number of para-hydroxylation sites is 1. The van der Waals surface area contributed by atoms with Crippen LogP contribution in [0, 0.1) is 5.41 Å². The van der Waals surface area contributed by atoms with E-state index in [-0.39, 0.29) is 30.3 Å². The van der Waals surface area contributed by atoms with E-state index in [1.165, 1.54) is 5.69 Å². The fourth-order valence-electron chi connectivity index (χ4n) is 8.05. The van der Waals surface area contributed by atoms with Crippen molar-refractivity contribution in [3.05, 3.63) is 60.6 Å². The zero-order valence-corrected chi connectivity index (χ0v) is 23.5. The van der Waals surface area contributed by atoms with Crippen LogP contribution < -0.4 is 4.90 Å². The Bertz CT molecular complexity index is 1390. The van der Waals surface area contributed by atoms with E-state index in [4.69, 9.17) is 4.74 Å². The molecule has 9 nitrogen and oxygen atoms in total. The minimum Gasteiger partial charge on any atom is -0.481 e. The molecule has 4 aliphatic rings. The third kappa shape index (κ3) is 4.74. The lowest BCUT2D eigenvalue weighted by Gasteiger charge is -2.46. The smallest absolute Gasteiger partial charge is 0.410 e. The number of ether oxygens (including phenoxy) is 1. The number of carboxylic acids is 1. The molecule has 0 radical (unpaired) electrons. The van der Waals surface area contributed by atoms with Crippen molar-refractivity contribution in [3.8, 4) is 0 Å². The first-order valence-corrected chi connectivity index (χ1v) is 15.2. The van der Waals surface area contributed by atoms with Gasteiger partial charge in [-0.2, -0.15) is 0 Å². The summed E-state index contributed by atoms with van der Waals surface area (Å²) in [6.45, 7) is 3.26. The van der Waals surface area contributed by atoms with Crippen molar-refractivity contribution >= 4 is 28.7 Å². The Morgan fingerprint density at radius 1 is 1.00 bits per heavy atom. The number of pyridine rings is 1. The lowest BCUT2D eigenvalue weighted by Crippen LogP contribution is -2.57. The average Bonchev–Trinajstić information content (AvgIpc) is 3.58. The van der Waals surface area contributed by atoms with E-state index in [0.29, 0.717) is 32.4 Å². The maximum absolute atomic E-state index is 13.3. The Labute approximate surface area is 240 Å². The fourth-order valence-corrected chi connectivity index (χ4v) is 8.05. The fraction of sp³-hybridized carbons (Fsp3) is 0.531. The summed E-state index contributed by atoms with van der Waals surface area (Å²) in [4.78, 5) is 40.3. The first-order chi connectivity index (χ1) is 20.0. The summed E-state index contributed by atoms with van der Waals surface area (Å²) in [5.41, 5.74) is 2.52. The summed E-state index contributed by atoms with van der Waals surface area (Å²) in [7, 11) is 0. The molecule has 3 saturated heterocycles. The normalized spacial score (nSPS) is 27.1. The molecule has 7 rings (SSSR count). The zero-order valence-electron chi connectivity index (χ0n) is 23.5. The third-order valence-corrected chi connectivity index (χ3v) is 10.3. The number of carbonyl (C=O) groups excluding carboxylic acids is 1. The van der Waals surface area contributed by atoms with Crippen molar-refractivity contribution in [2.75, 3.05) is 31.1 Å². The molecule has 1 aliphatic carbocycles. The van der Waals surface area contributed by atoms with E-state index < -0.39 is 11.4 Å². The number of piperidine rings is 2. The van der Waals surface area contributed by atoms with Crippen LogP contribution in [0.3, 0.4) is 0 Å². The van der Waals surface area contributed by atoms with Gasteiger partial charge < -0.3 is 19.7 Å². The number of hydrogen-bond acceptors (Lipinski definition) is 6. The van der Waals surface area contributed by atoms with E-state index >= 15 is 0 Å². The topological polar surface area (TPSA) is 102 Å². The van der Waals surface area contributed by atoms with Crippen LogP contribution in [-0.4, -0.2) is 87.3 Å². The van der Waals surface area contributed by atoms with E-state index in [1.807, 2.05) is 48.9 Å². The standard InChI is InChI=1S/C32H39N5O4/c38-30(39)32(20-22-21-34-26-5-2-1-4-25(22)26)12-18-36(19-13-32)27-6-3-7-28-29(27)41-31(40)37(28)24-10-16-35(17-11-24)23-8-14-33-15-9-23/h1-2,4-5,8-9,14-15,21,24,27-29,34H,3,6-7,10-13,16-20H2,(H,38,39). The van der Waals surface area contributed by atoms with Gasteiger partial charge in [0.05, 0.1) is 11.5 Å². The molecule has 0 bridgehead atoms. The van der Waals surface area contributed by atoms with E-state index in [0.717, 1.165) is 61.7 Å². The Balaban J connectivity index is 1.01. The number of fused-ring (bicyclic) bond motifs is 2. The monoisotopic (exact) mass is 557 g/mol. The maximum atomic E-state index is 13.3. The van der Waals surface area contributed by atoms with Gasteiger partial charge in [0.2, 0.25) is 0 Å². The molecule has 3 aromatic rings. The van der Waals surface area contributed by atoms with Crippen LogP contribution in [-0.2, 0) is 16.0 Å². The number of anilines is 1. The first kappa shape index (κ1) is 26.3. The highest BCUT2D eigenvalue weighted by Crippen LogP contribution is 2.42. The summed E-state index contributed by atoms with van der Waals surface area (Å²) in [5.74, 6) is -0.708. The van der Waals surface area contributed by atoms with Gasteiger partial charge in [0.1, 0.15) is 6.10 Å². The van der Waals surface area contributed by atoms with Crippen molar-refractivity contribution in [2.24, 2.45) is 5.41 Å². The average molecular weight is 558 g/mol. The van der Waals surface area contributed by atoms with Gasteiger partial charge >= 0.3 is 12.1 Å². The summed E-state index contributed by atoms with van der Waals surface area (Å²) < 4.78 is 6.14. The van der Waals surface area contributed by atoms with Gasteiger partial charge in [-0.05, 0) is 88.2 Å². The second-order valence-corrected chi connectivity index (χ2v) is 12.4. The molecule has 3 aliphatic heterocycles. The largest absolute Gasteiger partial charge is 0.481 e. The number of hydrogen-bond donors (Lipinski definition) is 2. The number of aromatic amines is 1. The van der Waals surface area contributed by atoms with Crippen LogP contribution in [0.4, 0.5) is 10.5 Å². The predicted octanol–water partition coefficient (Wildman–Crippen LogP) is 4.68. The number of nitrogens with one attached hydrogen (secondary N) is 1. The summed E-state index contributed by atoms with van der Waals surface area (Å²) in [6, 6.07) is 12.7. The van der Waals surface area contributed by atoms with Crippen molar-refractivity contribution < 1.29 is 19.4 Å². The van der Waals surface area contributed by atoms with E-state index in [2.05, 4.69) is 30.7 Å². The van der Waals surface area contributed by atoms with Crippen LogP contribution in [0.15, 0.2) is 55.0 Å². The number of aromatic nitrogens is 2. The molecule has 41 heavy (non-hydrogen) atoms.